The summed E-state index contributed by atoms with van der Waals surface area (Å²) in [6, 6.07) is 0. The minimum Gasteiger partial charge on any atom is -0.465 e. The second-order valence-corrected chi connectivity index (χ2v) is 16.2. The van der Waals surface area contributed by atoms with Gasteiger partial charge in [0, 0.05) is 0 Å². The predicted octanol–water partition coefficient (Wildman–Crippen LogP) is 7.09. The van der Waals surface area contributed by atoms with Crippen molar-refractivity contribution < 1.29 is 19.1 Å². The van der Waals surface area contributed by atoms with Gasteiger partial charge in [0.05, 0.1) is 24.0 Å². The third-order valence-corrected chi connectivity index (χ3v) is 12.4. The Kier molecular flexibility index (Phi) is 5.48. The Morgan fingerprint density at radius 2 is 0.917 bits per heavy atom. The van der Waals surface area contributed by atoms with Crippen LogP contribution in [0.4, 0.5) is 0 Å². The van der Waals surface area contributed by atoms with Gasteiger partial charge in [0.2, 0.25) is 0 Å². The summed E-state index contributed by atoms with van der Waals surface area (Å²) >= 11 is 0. The van der Waals surface area contributed by atoms with Crippen LogP contribution in [0.2, 0.25) is 0 Å². The average Bonchev–Trinajstić information content (AvgIpc) is 2.78. The van der Waals surface area contributed by atoms with E-state index < -0.39 is 0 Å². The van der Waals surface area contributed by atoms with Crippen molar-refractivity contribution in [3.05, 3.63) is 0 Å². The maximum atomic E-state index is 13.3. The van der Waals surface area contributed by atoms with Crippen molar-refractivity contribution in [2.75, 3.05) is 13.2 Å². The van der Waals surface area contributed by atoms with E-state index in [0.29, 0.717) is 35.9 Å². The standard InChI is InChI=1S/C32H48O4/c1-29-9-23-7-24(10-29)14-31(13-23,19-29)27(33)35-17-21-3-5-22(6-4-21)18-36-28(34)32-15-25-8-26(16-32)12-30(2,11-25)20-32/h21-26H,3-20H2,1-2H3. The van der Waals surface area contributed by atoms with Crippen LogP contribution in [0, 0.1) is 57.2 Å². The molecule has 0 N–H and O–H groups in total. The highest BCUT2D eigenvalue weighted by molar-refractivity contribution is 5.78. The highest BCUT2D eigenvalue weighted by Gasteiger charge is 2.61. The predicted molar refractivity (Wildman–Crippen MR) is 138 cm³/mol. The summed E-state index contributed by atoms with van der Waals surface area (Å²) in [6.45, 7) is 6.04. The maximum Gasteiger partial charge on any atom is 0.312 e. The quantitative estimate of drug-likeness (QED) is 0.368. The van der Waals surface area contributed by atoms with Gasteiger partial charge in [-0.1, -0.05) is 13.8 Å². The van der Waals surface area contributed by atoms with Crippen molar-refractivity contribution in [2.24, 2.45) is 57.2 Å². The number of carbonyl (C=O) groups excluding carboxylic acids is 2. The molecule has 9 saturated carbocycles. The van der Waals surface area contributed by atoms with Crippen molar-refractivity contribution >= 4 is 11.9 Å². The van der Waals surface area contributed by atoms with E-state index in [9.17, 15) is 9.59 Å². The van der Waals surface area contributed by atoms with E-state index in [4.69, 9.17) is 9.47 Å². The molecule has 200 valence electrons. The molecule has 4 nitrogen and oxygen atoms in total. The zero-order valence-electron chi connectivity index (χ0n) is 22.8. The molecule has 0 spiro atoms. The topological polar surface area (TPSA) is 52.6 Å². The number of ether oxygens (including phenoxy) is 2. The Balaban J connectivity index is 0.871. The van der Waals surface area contributed by atoms with Crippen molar-refractivity contribution in [2.45, 2.75) is 117 Å². The lowest BCUT2D eigenvalue weighted by Gasteiger charge is -2.60. The molecule has 4 heteroatoms. The van der Waals surface area contributed by atoms with Gasteiger partial charge in [-0.15, -0.1) is 0 Å². The molecule has 9 rings (SSSR count). The zero-order chi connectivity index (χ0) is 24.8. The number of esters is 2. The van der Waals surface area contributed by atoms with Crippen LogP contribution in [0.25, 0.3) is 0 Å². The normalized spacial score (nSPS) is 52.4. The van der Waals surface area contributed by atoms with Crippen molar-refractivity contribution in [1.82, 2.24) is 0 Å². The largest absolute Gasteiger partial charge is 0.465 e. The molecule has 0 heterocycles. The monoisotopic (exact) mass is 496 g/mol. The van der Waals surface area contributed by atoms with Crippen LogP contribution in [-0.4, -0.2) is 25.2 Å². The van der Waals surface area contributed by atoms with Gasteiger partial charge in [-0.05, 0) is 149 Å². The van der Waals surface area contributed by atoms with Crippen LogP contribution in [0.1, 0.15) is 117 Å². The highest BCUT2D eigenvalue weighted by Crippen LogP contribution is 2.66. The molecule has 0 aromatic heterocycles. The molecule has 0 aromatic rings. The molecule has 0 amide bonds. The van der Waals surface area contributed by atoms with E-state index in [2.05, 4.69) is 13.8 Å². The molecule has 4 atom stereocenters. The molecule has 0 aromatic carbocycles. The van der Waals surface area contributed by atoms with E-state index in [1.54, 1.807) is 0 Å². The van der Waals surface area contributed by atoms with E-state index in [0.717, 1.165) is 87.9 Å². The smallest absolute Gasteiger partial charge is 0.312 e. The SMILES string of the molecule is CC12CC3CC(C1)CC(C(=O)OCC1CCC(COC(=O)C45CC6CC(CC(C)(C6)C4)C5)CC1)(C3)C2. The molecule has 8 bridgehead atoms. The minimum absolute atomic E-state index is 0.128. The number of rotatable bonds is 6. The summed E-state index contributed by atoms with van der Waals surface area (Å²) in [6.07, 6.45) is 18.8. The lowest BCUT2D eigenvalue weighted by Crippen LogP contribution is -2.54. The minimum atomic E-state index is -0.168. The van der Waals surface area contributed by atoms with Crippen LogP contribution < -0.4 is 0 Å². The fourth-order valence-electron chi connectivity index (χ4n) is 12.2. The first-order valence-corrected chi connectivity index (χ1v) is 15.5. The third kappa shape index (κ3) is 4.06. The van der Waals surface area contributed by atoms with Gasteiger partial charge in [0.1, 0.15) is 0 Å². The molecule has 0 saturated heterocycles. The van der Waals surface area contributed by atoms with Gasteiger partial charge in [0.15, 0.2) is 0 Å². The molecule has 0 aliphatic heterocycles. The van der Waals surface area contributed by atoms with Crippen LogP contribution >= 0.6 is 0 Å². The average molecular weight is 497 g/mol. The molecule has 0 radical (unpaired) electrons. The first-order valence-electron chi connectivity index (χ1n) is 15.5. The third-order valence-electron chi connectivity index (χ3n) is 12.4. The lowest BCUT2D eigenvalue weighted by molar-refractivity contribution is -0.182. The van der Waals surface area contributed by atoms with Crippen LogP contribution in [-0.2, 0) is 19.1 Å². The summed E-state index contributed by atoms with van der Waals surface area (Å²) in [7, 11) is 0. The molecule has 4 unspecified atom stereocenters. The Bertz CT molecular complexity index is 811. The fourth-order valence-corrected chi connectivity index (χ4v) is 12.2. The summed E-state index contributed by atoms with van der Waals surface area (Å²) in [5.41, 5.74) is 0.427. The molecule has 36 heavy (non-hydrogen) atoms. The van der Waals surface area contributed by atoms with E-state index in [-0.39, 0.29) is 22.8 Å². The van der Waals surface area contributed by atoms with Gasteiger partial charge >= 0.3 is 11.9 Å². The Morgan fingerprint density at radius 1 is 0.583 bits per heavy atom. The first-order chi connectivity index (χ1) is 17.1. The Labute approximate surface area is 218 Å². The Hall–Kier alpha value is -1.06. The highest BCUT2D eigenvalue weighted by atomic mass is 16.5. The van der Waals surface area contributed by atoms with Gasteiger partial charge < -0.3 is 9.47 Å². The fraction of sp³-hybridized carbons (Fsp3) is 0.938. The van der Waals surface area contributed by atoms with Gasteiger partial charge in [-0.25, -0.2) is 0 Å². The molecular formula is C32H48O4. The Morgan fingerprint density at radius 3 is 1.22 bits per heavy atom. The van der Waals surface area contributed by atoms with Gasteiger partial charge in [-0.2, -0.15) is 0 Å². The van der Waals surface area contributed by atoms with Crippen LogP contribution in [0.5, 0.6) is 0 Å². The summed E-state index contributed by atoms with van der Waals surface area (Å²) in [5, 5.41) is 0. The van der Waals surface area contributed by atoms with Gasteiger partial charge in [0.25, 0.3) is 0 Å². The second kappa shape index (κ2) is 8.22. The van der Waals surface area contributed by atoms with E-state index in [1.165, 1.54) is 38.5 Å². The number of hydrogen-bond acceptors (Lipinski definition) is 4. The number of carbonyl (C=O) groups is 2. The van der Waals surface area contributed by atoms with Crippen molar-refractivity contribution in [3.8, 4) is 0 Å². The second-order valence-electron chi connectivity index (χ2n) is 16.2. The lowest BCUT2D eigenvalue weighted by atomic mass is 9.44. The number of hydrogen-bond donors (Lipinski definition) is 0. The van der Waals surface area contributed by atoms with Crippen LogP contribution in [0.15, 0.2) is 0 Å². The first kappa shape index (κ1) is 24.0. The molecule has 9 aliphatic rings. The van der Waals surface area contributed by atoms with Crippen LogP contribution in [0.3, 0.4) is 0 Å². The van der Waals surface area contributed by atoms with Gasteiger partial charge in [-0.3, -0.25) is 9.59 Å². The maximum absolute atomic E-state index is 13.3. The van der Waals surface area contributed by atoms with E-state index >= 15 is 0 Å². The summed E-state index contributed by atoms with van der Waals surface area (Å²) < 4.78 is 12.1. The molecular weight excluding hydrogens is 448 g/mol. The molecule has 9 aliphatic carbocycles. The summed E-state index contributed by atoms with van der Waals surface area (Å²) in [5.74, 6) is 4.23. The van der Waals surface area contributed by atoms with Crippen molar-refractivity contribution in [3.63, 3.8) is 0 Å². The van der Waals surface area contributed by atoms with Crippen molar-refractivity contribution in [1.29, 1.82) is 0 Å². The zero-order valence-corrected chi connectivity index (χ0v) is 22.8. The van der Waals surface area contributed by atoms with E-state index in [1.807, 2.05) is 0 Å². The molecule has 9 fully saturated rings. The summed E-state index contributed by atoms with van der Waals surface area (Å²) in [4.78, 5) is 26.7.